The number of hydrogen-bond acceptors (Lipinski definition) is 4. The molecule has 2 unspecified atom stereocenters. The number of nitrogens with zero attached hydrogens (tertiary/aromatic N) is 3. The molecule has 0 spiro atoms. The SMILES string of the molecule is CC(C)(C)c1ccc2c(c1)B1c3cc(C(C)(C)C)ccc3N(c3cccc4c3oc3ccccc34)c3cc(N4c5ccccc5C5(C)CCCCC45C)cc(c31)N2c1ccc(C(C)(C)C)cc1-c1ccccc1. The second kappa shape index (κ2) is 15.8. The Balaban J connectivity index is 1.20. The fourth-order valence-corrected chi connectivity index (χ4v) is 13.6. The summed E-state index contributed by atoms with van der Waals surface area (Å²) < 4.78 is 7.06. The van der Waals surface area contributed by atoms with E-state index in [0.29, 0.717) is 0 Å². The maximum absolute atomic E-state index is 7.06. The van der Waals surface area contributed by atoms with E-state index in [1.807, 2.05) is 0 Å². The molecule has 364 valence electrons. The van der Waals surface area contributed by atoms with Crippen molar-refractivity contribution >= 4 is 90.5 Å². The lowest BCUT2D eigenvalue weighted by molar-refractivity contribution is 0.195. The summed E-state index contributed by atoms with van der Waals surface area (Å²) in [5.41, 5.74) is 22.9. The molecule has 4 aliphatic rings. The van der Waals surface area contributed by atoms with Crippen molar-refractivity contribution in [2.75, 3.05) is 14.7 Å². The third-order valence-electron chi connectivity index (χ3n) is 17.9. The highest BCUT2D eigenvalue weighted by Crippen LogP contribution is 2.62. The van der Waals surface area contributed by atoms with Crippen molar-refractivity contribution in [3.05, 3.63) is 186 Å². The van der Waals surface area contributed by atoms with Crippen molar-refractivity contribution in [1.82, 2.24) is 0 Å². The molecule has 4 nitrogen and oxygen atoms in total. The Hall–Kier alpha value is -6.98. The van der Waals surface area contributed by atoms with E-state index in [2.05, 4.69) is 255 Å². The second-order valence-electron chi connectivity index (χ2n) is 25.3. The summed E-state index contributed by atoms with van der Waals surface area (Å²) >= 11 is 0. The Bertz CT molecular complexity index is 3710. The zero-order valence-electron chi connectivity index (χ0n) is 44.7. The van der Waals surface area contributed by atoms with Crippen LogP contribution in [0, 0.1) is 0 Å². The minimum absolute atomic E-state index is 0.0219. The van der Waals surface area contributed by atoms with Gasteiger partial charge in [-0.1, -0.05) is 191 Å². The van der Waals surface area contributed by atoms with E-state index >= 15 is 0 Å². The first-order valence-electron chi connectivity index (χ1n) is 26.9. The predicted molar refractivity (Wildman–Crippen MR) is 312 cm³/mol. The molecule has 0 radical (unpaired) electrons. The van der Waals surface area contributed by atoms with Crippen LogP contribution in [0.3, 0.4) is 0 Å². The van der Waals surface area contributed by atoms with Crippen LogP contribution in [0.5, 0.6) is 0 Å². The summed E-state index contributed by atoms with van der Waals surface area (Å²) in [6.07, 6.45) is 4.72. The summed E-state index contributed by atoms with van der Waals surface area (Å²) in [7, 11) is 0. The van der Waals surface area contributed by atoms with Gasteiger partial charge in [0.05, 0.1) is 16.9 Å². The average molecular weight is 954 g/mol. The van der Waals surface area contributed by atoms with E-state index in [1.54, 1.807) is 0 Å². The maximum Gasteiger partial charge on any atom is 0.252 e. The van der Waals surface area contributed by atoms with Crippen LogP contribution >= 0.6 is 0 Å². The van der Waals surface area contributed by atoms with Gasteiger partial charge in [0.25, 0.3) is 6.71 Å². The number of furan rings is 1. The van der Waals surface area contributed by atoms with Crippen LogP contribution in [-0.4, -0.2) is 12.3 Å². The normalized spacial score (nSPS) is 19.2. The van der Waals surface area contributed by atoms with Gasteiger partial charge in [-0.05, 0) is 135 Å². The van der Waals surface area contributed by atoms with Crippen molar-refractivity contribution < 1.29 is 4.42 Å². The molecule has 1 fully saturated rings. The number of benzene rings is 8. The summed E-state index contributed by atoms with van der Waals surface area (Å²) in [5.74, 6) is 0. The lowest BCUT2D eigenvalue weighted by Gasteiger charge is -2.51. The van der Waals surface area contributed by atoms with Gasteiger partial charge in [0.15, 0.2) is 5.58 Å². The lowest BCUT2D eigenvalue weighted by atomic mass is 9.33. The van der Waals surface area contributed by atoms with Gasteiger partial charge in [0, 0.05) is 55.9 Å². The third kappa shape index (κ3) is 6.72. The number of rotatable bonds is 4. The molecule has 1 aromatic heterocycles. The number of anilines is 8. The van der Waals surface area contributed by atoms with Gasteiger partial charge in [-0.2, -0.15) is 0 Å². The highest BCUT2D eigenvalue weighted by atomic mass is 16.3. The largest absolute Gasteiger partial charge is 0.454 e. The summed E-state index contributed by atoms with van der Waals surface area (Å²) in [6.45, 7) is 26.2. The molecule has 3 aliphatic heterocycles. The van der Waals surface area contributed by atoms with Crippen molar-refractivity contribution in [3.8, 4) is 11.1 Å². The van der Waals surface area contributed by atoms with Gasteiger partial charge >= 0.3 is 0 Å². The third-order valence-corrected chi connectivity index (χ3v) is 17.9. The molecule has 1 aliphatic carbocycles. The molecule has 4 heterocycles. The van der Waals surface area contributed by atoms with Gasteiger partial charge < -0.3 is 19.1 Å². The van der Waals surface area contributed by atoms with E-state index < -0.39 is 0 Å². The van der Waals surface area contributed by atoms with Crippen LogP contribution < -0.4 is 31.1 Å². The summed E-state index contributed by atoms with van der Waals surface area (Å²) in [5, 5.41) is 2.26. The Morgan fingerprint density at radius 1 is 0.466 bits per heavy atom. The Kier molecular flexibility index (Phi) is 9.90. The molecule has 0 N–H and O–H groups in total. The predicted octanol–water partition coefficient (Wildman–Crippen LogP) is 17.0. The van der Waals surface area contributed by atoms with E-state index in [9.17, 15) is 0 Å². The highest BCUT2D eigenvalue weighted by molar-refractivity contribution is 7.00. The molecular formula is C68H68BN3O. The van der Waals surface area contributed by atoms with Crippen LogP contribution in [0.25, 0.3) is 33.1 Å². The van der Waals surface area contributed by atoms with E-state index in [1.165, 1.54) is 102 Å². The van der Waals surface area contributed by atoms with Crippen molar-refractivity contribution in [3.63, 3.8) is 0 Å². The van der Waals surface area contributed by atoms with Crippen LogP contribution in [0.1, 0.15) is 124 Å². The Morgan fingerprint density at radius 3 is 1.66 bits per heavy atom. The molecule has 0 amide bonds. The van der Waals surface area contributed by atoms with Gasteiger partial charge in [-0.25, -0.2) is 0 Å². The topological polar surface area (TPSA) is 22.9 Å². The van der Waals surface area contributed by atoms with E-state index in [0.717, 1.165) is 40.5 Å². The first-order chi connectivity index (χ1) is 34.8. The number of fused-ring (bicyclic) bond motifs is 10. The van der Waals surface area contributed by atoms with Crippen molar-refractivity contribution in [1.29, 1.82) is 0 Å². The smallest absolute Gasteiger partial charge is 0.252 e. The van der Waals surface area contributed by atoms with E-state index in [4.69, 9.17) is 4.42 Å². The molecule has 5 heteroatoms. The molecule has 9 aromatic rings. The monoisotopic (exact) mass is 954 g/mol. The molecule has 0 bridgehead atoms. The summed E-state index contributed by atoms with van der Waals surface area (Å²) in [4.78, 5) is 8.04. The maximum atomic E-state index is 7.06. The standard InChI is InChI=1S/C68H68BN3O/c1-64(2,3)44-30-33-54(50(38-44)43-22-13-12-14-23-43)70-56-34-31-45(65(4,5)6)39-52(56)69-53-40-46(66(7,8)9)32-35-57(53)71(58-28-21-25-49-48-24-15-18-29-61(48)73-63(49)58)60-42-47(41-59(70)62(60)69)72-55-27-17-16-26-51(55)67(10)36-19-20-37-68(67,72)11/h12-18,21-35,38-42H,19-20,36-37H2,1-11H3. The Morgan fingerprint density at radius 2 is 1.00 bits per heavy atom. The molecule has 2 atom stereocenters. The molecule has 8 aromatic carbocycles. The van der Waals surface area contributed by atoms with Crippen LogP contribution in [0.15, 0.2) is 168 Å². The number of hydrogen-bond donors (Lipinski definition) is 0. The molecular weight excluding hydrogens is 886 g/mol. The molecule has 13 rings (SSSR count). The zero-order valence-corrected chi connectivity index (χ0v) is 44.7. The van der Waals surface area contributed by atoms with Crippen molar-refractivity contribution in [2.24, 2.45) is 0 Å². The van der Waals surface area contributed by atoms with Gasteiger partial charge in [-0.15, -0.1) is 0 Å². The highest BCUT2D eigenvalue weighted by Gasteiger charge is 2.58. The minimum atomic E-state index is -0.157. The lowest BCUT2D eigenvalue weighted by Crippen LogP contribution is -2.62. The molecule has 73 heavy (non-hydrogen) atoms. The van der Waals surface area contributed by atoms with Crippen LogP contribution in [-0.2, 0) is 21.7 Å². The first kappa shape index (κ1) is 45.9. The first-order valence-corrected chi connectivity index (χ1v) is 26.9. The van der Waals surface area contributed by atoms with Gasteiger partial charge in [-0.3, -0.25) is 0 Å². The molecule has 0 saturated heterocycles. The number of para-hydroxylation sites is 3. The summed E-state index contributed by atoms with van der Waals surface area (Å²) in [6, 6.07) is 63.0. The fourth-order valence-electron chi connectivity index (χ4n) is 13.6. The van der Waals surface area contributed by atoms with Gasteiger partial charge in [0.1, 0.15) is 5.58 Å². The van der Waals surface area contributed by atoms with Crippen LogP contribution in [0.4, 0.5) is 45.5 Å². The molecule has 1 saturated carbocycles. The quantitative estimate of drug-likeness (QED) is 0.164. The second-order valence-corrected chi connectivity index (χ2v) is 25.3. The van der Waals surface area contributed by atoms with Crippen LogP contribution in [0.2, 0.25) is 0 Å². The van der Waals surface area contributed by atoms with E-state index in [-0.39, 0.29) is 33.9 Å². The Labute approximate surface area is 433 Å². The zero-order chi connectivity index (χ0) is 50.6. The minimum Gasteiger partial charge on any atom is -0.454 e. The fraction of sp³-hybridized carbons (Fsp3) is 0.294. The average Bonchev–Trinajstić information content (AvgIpc) is 3.85. The van der Waals surface area contributed by atoms with Gasteiger partial charge in [0.2, 0.25) is 0 Å². The van der Waals surface area contributed by atoms with Crippen molar-refractivity contribution in [2.45, 2.75) is 129 Å².